The normalized spacial score (nSPS) is 13.5. The van der Waals surface area contributed by atoms with Gasteiger partial charge in [0.1, 0.15) is 0 Å². The van der Waals surface area contributed by atoms with Crippen LogP contribution in [0.1, 0.15) is 12.5 Å². The van der Waals surface area contributed by atoms with Crippen molar-refractivity contribution >= 4 is 23.8 Å². The van der Waals surface area contributed by atoms with E-state index in [2.05, 4.69) is 25.8 Å². The molecular weight excluding hydrogens is 428 g/mol. The van der Waals surface area contributed by atoms with Gasteiger partial charge >= 0.3 is 12.0 Å². The number of pyridine rings is 1. The summed E-state index contributed by atoms with van der Waals surface area (Å²) < 4.78 is 7.13. The van der Waals surface area contributed by atoms with Gasteiger partial charge in [-0.3, -0.25) is 9.55 Å². The average Bonchev–Trinajstić information content (AvgIpc) is 3.21. The van der Waals surface area contributed by atoms with Gasteiger partial charge in [-0.25, -0.2) is 9.59 Å². The second kappa shape index (κ2) is 10.1. The molecule has 3 heterocycles. The minimum absolute atomic E-state index is 0.123. The smallest absolute Gasteiger partial charge is 0.337 e. The summed E-state index contributed by atoms with van der Waals surface area (Å²) in [5.74, 6) is 0.581. The highest BCUT2D eigenvalue weighted by atomic mass is 32.2. The first-order chi connectivity index (χ1) is 15.7. The quantitative estimate of drug-likeness (QED) is 0.401. The van der Waals surface area contributed by atoms with E-state index in [0.717, 1.165) is 11.1 Å². The minimum Gasteiger partial charge on any atom is -0.463 e. The molecule has 9 nitrogen and oxygen atoms in total. The van der Waals surface area contributed by atoms with Crippen LogP contribution >= 0.6 is 11.8 Å². The van der Waals surface area contributed by atoms with Gasteiger partial charge in [0.25, 0.3) is 0 Å². The highest BCUT2D eigenvalue weighted by molar-refractivity contribution is 7.99. The number of benzene rings is 1. The highest BCUT2D eigenvalue weighted by Gasteiger charge is 2.24. The average molecular weight is 451 g/mol. The van der Waals surface area contributed by atoms with Crippen LogP contribution in [0.15, 0.2) is 71.3 Å². The van der Waals surface area contributed by atoms with Crippen LogP contribution < -0.4 is 10.6 Å². The summed E-state index contributed by atoms with van der Waals surface area (Å²) in [5, 5.41) is 14.8. The first-order valence-corrected chi connectivity index (χ1v) is 11.1. The molecule has 1 aliphatic rings. The number of amides is 2. The molecule has 0 fully saturated rings. The third-order valence-corrected chi connectivity index (χ3v) is 5.74. The molecule has 164 valence electrons. The largest absolute Gasteiger partial charge is 0.463 e. The Balaban J connectivity index is 1.63. The lowest BCUT2D eigenvalue weighted by Crippen LogP contribution is -2.44. The number of nitrogens with one attached hydrogen (secondary N) is 2. The zero-order chi connectivity index (χ0) is 22.3. The van der Waals surface area contributed by atoms with Crippen molar-refractivity contribution in [2.45, 2.75) is 18.6 Å². The van der Waals surface area contributed by atoms with E-state index in [9.17, 15) is 9.59 Å². The Bertz CT molecular complexity index is 1130. The van der Waals surface area contributed by atoms with Gasteiger partial charge in [-0.2, -0.15) is 0 Å². The third-order valence-electron chi connectivity index (χ3n) is 4.74. The van der Waals surface area contributed by atoms with E-state index in [1.54, 1.807) is 19.3 Å². The Kier molecular flexibility index (Phi) is 6.81. The van der Waals surface area contributed by atoms with E-state index >= 15 is 0 Å². The van der Waals surface area contributed by atoms with Crippen molar-refractivity contribution in [3.8, 4) is 11.4 Å². The van der Waals surface area contributed by atoms with Crippen LogP contribution in [0, 0.1) is 0 Å². The molecule has 0 saturated carbocycles. The highest BCUT2D eigenvalue weighted by Crippen LogP contribution is 2.26. The van der Waals surface area contributed by atoms with Gasteiger partial charge in [0.15, 0.2) is 11.0 Å². The Morgan fingerprint density at radius 3 is 2.78 bits per heavy atom. The zero-order valence-corrected chi connectivity index (χ0v) is 18.3. The van der Waals surface area contributed by atoms with E-state index in [-0.39, 0.29) is 19.2 Å². The lowest BCUT2D eigenvalue weighted by molar-refractivity contribution is -0.138. The molecule has 2 N–H and O–H groups in total. The molecule has 1 aromatic carbocycles. The standard InChI is InChI=1S/C22H22N6O3S/c1-2-31-20(29)17-12-24-21(30)25-18(17)14-32-22-27-26-19(16-9-6-10-23-11-16)28(22)13-15-7-4-3-5-8-15/h3-11H,2,12-14H2,1H3,(H2,24,25,30). The van der Waals surface area contributed by atoms with E-state index in [1.807, 2.05) is 47.0 Å². The number of carbonyl (C=O) groups excluding carboxylic acids is 2. The fourth-order valence-electron chi connectivity index (χ4n) is 3.22. The zero-order valence-electron chi connectivity index (χ0n) is 17.4. The first-order valence-electron chi connectivity index (χ1n) is 10.1. The van der Waals surface area contributed by atoms with Gasteiger partial charge in [0.2, 0.25) is 0 Å². The SMILES string of the molecule is CCOC(=O)C1=C(CSc2nnc(-c3cccnc3)n2Cc2ccccc2)NC(=O)NC1. The Labute approximate surface area is 189 Å². The van der Waals surface area contributed by atoms with E-state index in [4.69, 9.17) is 4.74 Å². The van der Waals surface area contributed by atoms with Crippen molar-refractivity contribution in [2.75, 3.05) is 18.9 Å². The molecule has 0 bridgehead atoms. The molecule has 0 aliphatic carbocycles. The van der Waals surface area contributed by atoms with Crippen LogP contribution in [-0.4, -0.2) is 50.7 Å². The minimum atomic E-state index is -0.447. The summed E-state index contributed by atoms with van der Waals surface area (Å²) in [5.41, 5.74) is 2.86. The second-order valence-corrected chi connectivity index (χ2v) is 7.84. The number of urea groups is 1. The number of esters is 1. The van der Waals surface area contributed by atoms with Crippen molar-refractivity contribution in [1.82, 2.24) is 30.4 Å². The Hall–Kier alpha value is -3.66. The number of hydrogen-bond donors (Lipinski definition) is 2. The Morgan fingerprint density at radius 2 is 2.03 bits per heavy atom. The fourth-order valence-corrected chi connectivity index (χ4v) is 4.14. The van der Waals surface area contributed by atoms with Gasteiger partial charge in [-0.1, -0.05) is 42.1 Å². The van der Waals surface area contributed by atoms with Crippen LogP contribution in [0.25, 0.3) is 11.4 Å². The second-order valence-electron chi connectivity index (χ2n) is 6.89. The van der Waals surface area contributed by atoms with Gasteiger partial charge in [0.05, 0.1) is 25.3 Å². The summed E-state index contributed by atoms with van der Waals surface area (Å²) in [6, 6.07) is 13.4. The maximum absolute atomic E-state index is 12.3. The van der Waals surface area contributed by atoms with Crippen molar-refractivity contribution in [1.29, 1.82) is 0 Å². The topological polar surface area (TPSA) is 111 Å². The molecule has 0 spiro atoms. The molecule has 10 heteroatoms. The maximum Gasteiger partial charge on any atom is 0.337 e. The van der Waals surface area contributed by atoms with Crippen LogP contribution in [0.4, 0.5) is 4.79 Å². The number of thioether (sulfide) groups is 1. The molecule has 0 atom stereocenters. The number of rotatable bonds is 8. The lowest BCUT2D eigenvalue weighted by Gasteiger charge is -2.21. The van der Waals surface area contributed by atoms with Crippen LogP contribution in [-0.2, 0) is 16.1 Å². The predicted octanol–water partition coefficient (Wildman–Crippen LogP) is 2.61. The number of nitrogens with zero attached hydrogens (tertiary/aromatic N) is 4. The molecule has 1 aliphatic heterocycles. The summed E-state index contributed by atoms with van der Waals surface area (Å²) in [4.78, 5) is 28.3. The first kappa shape index (κ1) is 21.6. The molecule has 4 rings (SSSR count). The summed E-state index contributed by atoms with van der Waals surface area (Å²) >= 11 is 1.39. The summed E-state index contributed by atoms with van der Waals surface area (Å²) in [6.45, 7) is 2.70. The van der Waals surface area contributed by atoms with Gasteiger partial charge < -0.3 is 15.4 Å². The van der Waals surface area contributed by atoms with Crippen molar-refractivity contribution in [3.63, 3.8) is 0 Å². The molecule has 0 unspecified atom stereocenters. The molecule has 2 aromatic heterocycles. The Morgan fingerprint density at radius 1 is 1.19 bits per heavy atom. The molecule has 0 radical (unpaired) electrons. The molecule has 2 amide bonds. The van der Waals surface area contributed by atoms with Gasteiger partial charge in [-0.15, -0.1) is 10.2 Å². The van der Waals surface area contributed by atoms with Crippen molar-refractivity contribution in [2.24, 2.45) is 0 Å². The summed E-state index contributed by atoms with van der Waals surface area (Å²) in [6.07, 6.45) is 3.45. The van der Waals surface area contributed by atoms with E-state index < -0.39 is 5.97 Å². The molecular formula is C22H22N6O3S. The van der Waals surface area contributed by atoms with Gasteiger partial charge in [-0.05, 0) is 24.6 Å². The lowest BCUT2D eigenvalue weighted by atomic mass is 10.2. The number of aromatic nitrogens is 4. The van der Waals surface area contributed by atoms with Crippen LogP contribution in [0.3, 0.4) is 0 Å². The van der Waals surface area contributed by atoms with Crippen molar-refractivity contribution < 1.29 is 14.3 Å². The summed E-state index contributed by atoms with van der Waals surface area (Å²) in [7, 11) is 0. The molecule has 32 heavy (non-hydrogen) atoms. The van der Waals surface area contributed by atoms with Crippen LogP contribution in [0.5, 0.6) is 0 Å². The molecule has 3 aromatic rings. The van der Waals surface area contributed by atoms with E-state index in [1.165, 1.54) is 11.8 Å². The fraction of sp³-hybridized carbons (Fsp3) is 0.227. The number of carbonyl (C=O) groups is 2. The maximum atomic E-state index is 12.3. The van der Waals surface area contributed by atoms with E-state index in [0.29, 0.717) is 34.5 Å². The molecule has 0 saturated heterocycles. The van der Waals surface area contributed by atoms with Crippen molar-refractivity contribution in [3.05, 3.63) is 71.7 Å². The number of hydrogen-bond acceptors (Lipinski definition) is 7. The monoisotopic (exact) mass is 450 g/mol. The predicted molar refractivity (Wildman–Crippen MR) is 120 cm³/mol. The van der Waals surface area contributed by atoms with Gasteiger partial charge in [0, 0.05) is 29.4 Å². The third kappa shape index (κ3) is 4.97. The number of ether oxygens (including phenoxy) is 1. The van der Waals surface area contributed by atoms with Crippen LogP contribution in [0.2, 0.25) is 0 Å².